The first-order chi connectivity index (χ1) is 7.13. The van der Waals surface area contributed by atoms with E-state index in [0.717, 1.165) is 17.1 Å². The maximum absolute atomic E-state index is 4.44. The fourth-order valence-electron chi connectivity index (χ4n) is 1.35. The fourth-order valence-corrected chi connectivity index (χ4v) is 1.92. The minimum Gasteiger partial charge on any atom is -0.242 e. The average molecular weight is 221 g/mol. The summed E-state index contributed by atoms with van der Waals surface area (Å²) >= 11 is 1.71. The molecule has 0 amide bonds. The molecule has 0 radical (unpaired) electrons. The molecule has 0 spiro atoms. The molecule has 1 atom stereocenters. The van der Waals surface area contributed by atoms with E-state index in [-0.39, 0.29) is 0 Å². The second kappa shape index (κ2) is 5.86. The zero-order valence-corrected chi connectivity index (χ0v) is 10.8. The van der Waals surface area contributed by atoms with Crippen molar-refractivity contribution in [1.29, 1.82) is 0 Å². The molecule has 0 aromatic carbocycles. The van der Waals surface area contributed by atoms with Crippen molar-refractivity contribution in [3.05, 3.63) is 33.8 Å². The summed E-state index contributed by atoms with van der Waals surface area (Å²) in [6.07, 6.45) is 7.63. The molecule has 0 saturated heterocycles. The van der Waals surface area contributed by atoms with Crippen LogP contribution >= 0.6 is 11.3 Å². The Labute approximate surface area is 96.6 Å². The largest absolute Gasteiger partial charge is 0.242 e. The van der Waals surface area contributed by atoms with E-state index in [1.54, 1.807) is 11.3 Å². The molecule has 1 aromatic heterocycles. The van der Waals surface area contributed by atoms with Gasteiger partial charge in [0.2, 0.25) is 0 Å². The Morgan fingerprint density at radius 2 is 2.33 bits per heavy atom. The summed E-state index contributed by atoms with van der Waals surface area (Å²) in [5, 5.41) is 3.25. The fraction of sp³-hybridized carbons (Fsp3) is 0.462. The van der Waals surface area contributed by atoms with Crippen LogP contribution in [0.3, 0.4) is 0 Å². The lowest BCUT2D eigenvalue weighted by Crippen LogP contribution is -1.94. The Morgan fingerprint density at radius 1 is 1.60 bits per heavy atom. The van der Waals surface area contributed by atoms with E-state index in [2.05, 4.69) is 49.4 Å². The molecule has 0 aliphatic rings. The van der Waals surface area contributed by atoms with Gasteiger partial charge in [0.25, 0.3) is 0 Å². The molecule has 0 aliphatic heterocycles. The van der Waals surface area contributed by atoms with Gasteiger partial charge in [0.05, 0.1) is 10.7 Å². The summed E-state index contributed by atoms with van der Waals surface area (Å²) < 4.78 is 0. The first-order valence-electron chi connectivity index (χ1n) is 5.35. The summed E-state index contributed by atoms with van der Waals surface area (Å²) in [7, 11) is 0. The summed E-state index contributed by atoms with van der Waals surface area (Å²) in [6, 6.07) is 0. The van der Waals surface area contributed by atoms with Gasteiger partial charge in [-0.3, -0.25) is 0 Å². The summed E-state index contributed by atoms with van der Waals surface area (Å²) in [6.45, 7) is 8.55. The zero-order valence-electron chi connectivity index (χ0n) is 9.95. The number of hydrogen-bond acceptors (Lipinski definition) is 2. The molecule has 1 heterocycles. The molecular weight excluding hydrogens is 202 g/mol. The quantitative estimate of drug-likeness (QED) is 0.684. The van der Waals surface area contributed by atoms with Gasteiger partial charge in [-0.2, -0.15) is 0 Å². The van der Waals surface area contributed by atoms with E-state index >= 15 is 0 Å². The number of nitrogens with zero attached hydrogens (tertiary/aromatic N) is 1. The van der Waals surface area contributed by atoms with Gasteiger partial charge < -0.3 is 0 Å². The SMILES string of the molecule is CC=CCC(C)C(C)=Cc1csc(C)n1. The minimum atomic E-state index is 0.600. The Hall–Kier alpha value is -0.890. The van der Waals surface area contributed by atoms with Gasteiger partial charge in [-0.1, -0.05) is 24.6 Å². The molecule has 0 bridgehead atoms. The van der Waals surface area contributed by atoms with Gasteiger partial charge in [0.15, 0.2) is 0 Å². The standard InChI is InChI=1S/C13H19NS/c1-5-6-7-10(2)11(3)8-13-9-15-12(4)14-13/h5-6,8-10H,7H2,1-4H3. The third kappa shape index (κ3) is 4.00. The predicted molar refractivity (Wildman–Crippen MR) is 69.1 cm³/mol. The van der Waals surface area contributed by atoms with Crippen molar-refractivity contribution >= 4 is 17.4 Å². The normalized spacial score (nSPS) is 14.8. The molecule has 1 nitrogen and oxygen atoms in total. The van der Waals surface area contributed by atoms with Crippen LogP contribution in [0, 0.1) is 12.8 Å². The van der Waals surface area contributed by atoms with Crippen LogP contribution < -0.4 is 0 Å². The van der Waals surface area contributed by atoms with Crippen LogP contribution in [0.2, 0.25) is 0 Å². The highest BCUT2D eigenvalue weighted by atomic mass is 32.1. The van der Waals surface area contributed by atoms with E-state index in [1.165, 1.54) is 5.57 Å². The van der Waals surface area contributed by atoms with Crippen molar-refractivity contribution in [3.63, 3.8) is 0 Å². The maximum atomic E-state index is 4.44. The monoisotopic (exact) mass is 221 g/mol. The molecule has 2 heteroatoms. The lowest BCUT2D eigenvalue weighted by molar-refractivity contribution is 0.699. The molecule has 82 valence electrons. The van der Waals surface area contributed by atoms with Crippen LogP contribution in [0.15, 0.2) is 23.1 Å². The Balaban J connectivity index is 2.66. The van der Waals surface area contributed by atoms with E-state index < -0.39 is 0 Å². The molecule has 1 unspecified atom stereocenters. The van der Waals surface area contributed by atoms with Gasteiger partial charge in [-0.15, -0.1) is 11.3 Å². The zero-order chi connectivity index (χ0) is 11.3. The lowest BCUT2D eigenvalue weighted by Gasteiger charge is -2.08. The van der Waals surface area contributed by atoms with Crippen LogP contribution in [0.1, 0.15) is 37.9 Å². The van der Waals surface area contributed by atoms with Crippen molar-refractivity contribution in [3.8, 4) is 0 Å². The van der Waals surface area contributed by atoms with E-state index in [4.69, 9.17) is 0 Å². The topological polar surface area (TPSA) is 12.9 Å². The van der Waals surface area contributed by atoms with Crippen LogP contribution in [0.5, 0.6) is 0 Å². The molecule has 0 fully saturated rings. The van der Waals surface area contributed by atoms with Crippen LogP contribution in [-0.4, -0.2) is 4.98 Å². The highest BCUT2D eigenvalue weighted by Crippen LogP contribution is 2.19. The Kier molecular flexibility index (Phi) is 4.76. The number of rotatable bonds is 4. The van der Waals surface area contributed by atoms with Gasteiger partial charge in [-0.05, 0) is 39.2 Å². The van der Waals surface area contributed by atoms with Gasteiger partial charge in [0, 0.05) is 5.38 Å². The van der Waals surface area contributed by atoms with Crippen LogP contribution in [0.4, 0.5) is 0 Å². The third-order valence-corrected chi connectivity index (χ3v) is 3.31. The summed E-state index contributed by atoms with van der Waals surface area (Å²) in [4.78, 5) is 4.44. The molecular formula is C13H19NS. The second-order valence-electron chi connectivity index (χ2n) is 3.89. The molecule has 0 N–H and O–H groups in total. The number of thiazole rings is 1. The summed E-state index contributed by atoms with van der Waals surface area (Å²) in [5.41, 5.74) is 2.50. The number of allylic oxidation sites excluding steroid dienone is 3. The minimum absolute atomic E-state index is 0.600. The Morgan fingerprint density at radius 3 is 2.87 bits per heavy atom. The molecule has 1 rings (SSSR count). The number of aromatic nitrogens is 1. The first kappa shape index (κ1) is 12.2. The van der Waals surface area contributed by atoms with Gasteiger partial charge >= 0.3 is 0 Å². The molecule has 1 aromatic rings. The van der Waals surface area contributed by atoms with Crippen LogP contribution in [0.25, 0.3) is 6.08 Å². The number of aryl methyl sites for hydroxylation is 1. The van der Waals surface area contributed by atoms with Gasteiger partial charge in [0.1, 0.15) is 0 Å². The molecule has 0 saturated carbocycles. The first-order valence-corrected chi connectivity index (χ1v) is 6.23. The predicted octanol–water partition coefficient (Wildman–Crippen LogP) is 4.46. The van der Waals surface area contributed by atoms with Crippen molar-refractivity contribution in [2.24, 2.45) is 5.92 Å². The number of hydrogen-bond donors (Lipinski definition) is 0. The van der Waals surface area contributed by atoms with E-state index in [1.807, 2.05) is 6.92 Å². The maximum Gasteiger partial charge on any atom is 0.0901 e. The highest BCUT2D eigenvalue weighted by Gasteiger charge is 2.03. The Bertz CT molecular complexity index is 360. The molecule has 15 heavy (non-hydrogen) atoms. The van der Waals surface area contributed by atoms with E-state index in [0.29, 0.717) is 5.92 Å². The van der Waals surface area contributed by atoms with Crippen molar-refractivity contribution in [2.75, 3.05) is 0 Å². The van der Waals surface area contributed by atoms with Crippen molar-refractivity contribution in [1.82, 2.24) is 4.98 Å². The second-order valence-corrected chi connectivity index (χ2v) is 4.95. The van der Waals surface area contributed by atoms with Gasteiger partial charge in [-0.25, -0.2) is 4.98 Å². The molecule has 0 aliphatic carbocycles. The van der Waals surface area contributed by atoms with E-state index in [9.17, 15) is 0 Å². The average Bonchev–Trinajstić information content (AvgIpc) is 2.60. The summed E-state index contributed by atoms with van der Waals surface area (Å²) in [5.74, 6) is 0.600. The van der Waals surface area contributed by atoms with Crippen molar-refractivity contribution < 1.29 is 0 Å². The lowest BCUT2D eigenvalue weighted by atomic mass is 9.98. The highest BCUT2D eigenvalue weighted by molar-refractivity contribution is 7.09. The van der Waals surface area contributed by atoms with Crippen LogP contribution in [-0.2, 0) is 0 Å². The smallest absolute Gasteiger partial charge is 0.0901 e. The third-order valence-electron chi connectivity index (χ3n) is 2.51. The van der Waals surface area contributed by atoms with Crippen molar-refractivity contribution in [2.45, 2.75) is 34.1 Å².